The Morgan fingerprint density at radius 1 is 0.963 bits per heavy atom. The van der Waals surface area contributed by atoms with E-state index in [1.54, 1.807) is 48.5 Å². The highest BCUT2D eigenvalue weighted by Gasteiger charge is 2.08. The molecule has 2 rings (SSSR count). The molecular weight excluding hydrogens is 372 g/mol. The molecule has 0 atom stereocenters. The van der Waals surface area contributed by atoms with E-state index in [0.717, 1.165) is 0 Å². The van der Waals surface area contributed by atoms with Crippen LogP contribution in [0, 0.1) is 11.3 Å². The lowest BCUT2D eigenvalue weighted by atomic mass is 10.2. The van der Waals surface area contributed by atoms with Gasteiger partial charge in [0.25, 0.3) is 5.91 Å². The molecule has 0 radical (unpaired) electrons. The summed E-state index contributed by atoms with van der Waals surface area (Å²) in [6.07, 6.45) is 0. The Labute approximate surface area is 161 Å². The first kappa shape index (κ1) is 20.1. The minimum atomic E-state index is -0.674. The summed E-state index contributed by atoms with van der Waals surface area (Å²) in [6.45, 7) is -0.209. The molecule has 0 saturated carbocycles. The average molecular weight is 389 g/mol. The third kappa shape index (κ3) is 7.67. The van der Waals surface area contributed by atoms with Crippen molar-refractivity contribution in [3.8, 4) is 17.6 Å². The number of halogens is 1. The number of ether oxygens (including phenoxy) is 3. The predicted molar refractivity (Wildman–Crippen MR) is 97.6 cm³/mol. The molecule has 0 saturated heterocycles. The van der Waals surface area contributed by atoms with Crippen molar-refractivity contribution in [3.63, 3.8) is 0 Å². The van der Waals surface area contributed by atoms with Crippen molar-refractivity contribution in [2.45, 2.75) is 0 Å². The Morgan fingerprint density at radius 2 is 1.59 bits per heavy atom. The van der Waals surface area contributed by atoms with Crippen molar-refractivity contribution in [1.82, 2.24) is 5.32 Å². The molecule has 0 heterocycles. The molecule has 0 unspecified atom stereocenters. The number of nitrogens with one attached hydrogen (secondary N) is 1. The van der Waals surface area contributed by atoms with E-state index < -0.39 is 18.5 Å². The van der Waals surface area contributed by atoms with E-state index in [-0.39, 0.29) is 19.8 Å². The molecule has 27 heavy (non-hydrogen) atoms. The topological polar surface area (TPSA) is 97.6 Å². The molecule has 7 nitrogen and oxygen atoms in total. The van der Waals surface area contributed by atoms with Crippen LogP contribution in [0.1, 0.15) is 5.56 Å². The number of benzene rings is 2. The van der Waals surface area contributed by atoms with Gasteiger partial charge in [0.1, 0.15) is 18.1 Å². The molecule has 0 aliphatic rings. The van der Waals surface area contributed by atoms with Crippen LogP contribution in [-0.4, -0.2) is 38.2 Å². The molecular formula is C19H17ClN2O5. The maximum atomic E-state index is 11.6. The van der Waals surface area contributed by atoms with Gasteiger partial charge in [-0.15, -0.1) is 0 Å². The lowest BCUT2D eigenvalue weighted by molar-refractivity contribution is -0.150. The first-order valence-electron chi connectivity index (χ1n) is 8.00. The number of rotatable bonds is 9. The predicted octanol–water partition coefficient (Wildman–Crippen LogP) is 2.33. The lowest BCUT2D eigenvalue weighted by Gasteiger charge is -2.09. The summed E-state index contributed by atoms with van der Waals surface area (Å²) in [5, 5.41) is 11.9. The third-order valence-electron chi connectivity index (χ3n) is 3.21. The lowest BCUT2D eigenvalue weighted by Crippen LogP contribution is -2.32. The zero-order valence-corrected chi connectivity index (χ0v) is 15.1. The van der Waals surface area contributed by atoms with E-state index in [2.05, 4.69) is 5.32 Å². The van der Waals surface area contributed by atoms with Crippen molar-refractivity contribution in [3.05, 3.63) is 59.1 Å². The zero-order valence-electron chi connectivity index (χ0n) is 14.3. The number of nitriles is 1. The van der Waals surface area contributed by atoms with Gasteiger partial charge in [-0.25, -0.2) is 4.79 Å². The summed E-state index contributed by atoms with van der Waals surface area (Å²) in [7, 11) is 0. The molecule has 140 valence electrons. The van der Waals surface area contributed by atoms with E-state index in [1.165, 1.54) is 0 Å². The Hall–Kier alpha value is -3.24. The molecule has 1 amide bonds. The third-order valence-corrected chi connectivity index (χ3v) is 3.46. The smallest absolute Gasteiger partial charge is 0.344 e. The summed E-state index contributed by atoms with van der Waals surface area (Å²) in [6, 6.07) is 15.1. The molecule has 2 aromatic carbocycles. The molecule has 0 spiro atoms. The van der Waals surface area contributed by atoms with Gasteiger partial charge in [0.05, 0.1) is 18.2 Å². The molecule has 8 heteroatoms. The largest absolute Gasteiger partial charge is 0.492 e. The molecule has 1 N–H and O–H groups in total. The number of carbonyl (C=O) groups excluding carboxylic acids is 2. The van der Waals surface area contributed by atoms with E-state index in [1.807, 2.05) is 6.07 Å². The molecule has 2 aromatic rings. The van der Waals surface area contributed by atoms with Gasteiger partial charge < -0.3 is 19.5 Å². The zero-order chi connectivity index (χ0) is 19.5. The maximum Gasteiger partial charge on any atom is 0.344 e. The highest BCUT2D eigenvalue weighted by Crippen LogP contribution is 2.15. The summed E-state index contributed by atoms with van der Waals surface area (Å²) in [4.78, 5) is 23.2. The van der Waals surface area contributed by atoms with Crippen molar-refractivity contribution in [2.24, 2.45) is 0 Å². The summed E-state index contributed by atoms with van der Waals surface area (Å²) < 4.78 is 15.4. The van der Waals surface area contributed by atoms with Crippen molar-refractivity contribution >= 4 is 23.5 Å². The van der Waals surface area contributed by atoms with Crippen LogP contribution in [0.3, 0.4) is 0 Å². The first-order chi connectivity index (χ1) is 13.1. The van der Waals surface area contributed by atoms with Gasteiger partial charge in [-0.1, -0.05) is 11.6 Å². The minimum Gasteiger partial charge on any atom is -0.492 e. The quantitative estimate of drug-likeness (QED) is 0.523. The average Bonchev–Trinajstić information content (AvgIpc) is 2.69. The van der Waals surface area contributed by atoms with Crippen LogP contribution in [0.25, 0.3) is 0 Å². The van der Waals surface area contributed by atoms with E-state index in [9.17, 15) is 9.59 Å². The van der Waals surface area contributed by atoms with Crippen LogP contribution >= 0.6 is 11.6 Å². The number of esters is 1. The normalized spacial score (nSPS) is 9.78. The Balaban J connectivity index is 1.56. The van der Waals surface area contributed by atoms with E-state index in [0.29, 0.717) is 22.1 Å². The van der Waals surface area contributed by atoms with Crippen LogP contribution < -0.4 is 14.8 Å². The van der Waals surface area contributed by atoms with Crippen molar-refractivity contribution in [1.29, 1.82) is 5.26 Å². The second-order valence-corrected chi connectivity index (χ2v) is 5.67. The molecule has 0 aromatic heterocycles. The fourth-order valence-electron chi connectivity index (χ4n) is 1.90. The number of amides is 1. The van der Waals surface area contributed by atoms with Crippen LogP contribution in [0.15, 0.2) is 48.5 Å². The fraction of sp³-hybridized carbons (Fsp3) is 0.211. The minimum absolute atomic E-state index is 0.265. The highest BCUT2D eigenvalue weighted by molar-refractivity contribution is 6.30. The van der Waals surface area contributed by atoms with Gasteiger partial charge in [-0.2, -0.15) is 5.26 Å². The van der Waals surface area contributed by atoms with Crippen LogP contribution in [0.4, 0.5) is 0 Å². The van der Waals surface area contributed by atoms with Crippen molar-refractivity contribution < 1.29 is 23.8 Å². The van der Waals surface area contributed by atoms with Gasteiger partial charge >= 0.3 is 5.97 Å². The Morgan fingerprint density at radius 3 is 2.26 bits per heavy atom. The molecule has 0 fully saturated rings. The fourth-order valence-corrected chi connectivity index (χ4v) is 2.02. The van der Waals surface area contributed by atoms with Gasteiger partial charge in [-0.05, 0) is 48.5 Å². The highest BCUT2D eigenvalue weighted by atomic mass is 35.5. The van der Waals surface area contributed by atoms with Crippen LogP contribution in [-0.2, 0) is 14.3 Å². The second-order valence-electron chi connectivity index (χ2n) is 5.24. The van der Waals surface area contributed by atoms with E-state index in [4.69, 9.17) is 31.1 Å². The van der Waals surface area contributed by atoms with Gasteiger partial charge in [0.15, 0.2) is 13.2 Å². The number of hydrogen-bond donors (Lipinski definition) is 1. The summed E-state index contributed by atoms with van der Waals surface area (Å²) >= 11 is 5.77. The number of nitrogens with zero attached hydrogens (tertiary/aromatic N) is 1. The summed E-state index contributed by atoms with van der Waals surface area (Å²) in [5.74, 6) is -0.0527. The van der Waals surface area contributed by atoms with Gasteiger partial charge in [-0.3, -0.25) is 4.79 Å². The molecule has 0 bridgehead atoms. The van der Waals surface area contributed by atoms with Crippen molar-refractivity contribution in [2.75, 3.05) is 26.4 Å². The van der Waals surface area contributed by atoms with Crippen LogP contribution in [0.5, 0.6) is 11.5 Å². The SMILES string of the molecule is N#Cc1ccc(OCC(=O)OCC(=O)NCCOc2ccc(Cl)cc2)cc1. The second kappa shape index (κ2) is 10.7. The number of hydrogen-bond acceptors (Lipinski definition) is 6. The first-order valence-corrected chi connectivity index (χ1v) is 8.38. The number of carbonyl (C=O) groups is 2. The van der Waals surface area contributed by atoms with Gasteiger partial charge in [0.2, 0.25) is 0 Å². The molecule has 0 aliphatic heterocycles. The Kier molecular flexibility index (Phi) is 7.94. The molecule has 0 aliphatic carbocycles. The monoisotopic (exact) mass is 388 g/mol. The Bertz CT molecular complexity index is 800. The maximum absolute atomic E-state index is 11.6. The van der Waals surface area contributed by atoms with Gasteiger partial charge in [0, 0.05) is 5.02 Å². The summed E-state index contributed by atoms with van der Waals surface area (Å²) in [5.41, 5.74) is 0.488. The standard InChI is InChI=1S/C19H17ClN2O5/c20-15-3-7-16(8-4-15)25-10-9-22-18(23)12-27-19(24)13-26-17-5-1-14(11-21)2-6-17/h1-8H,9-10,12-13H2,(H,22,23). The van der Waals surface area contributed by atoms with Crippen LogP contribution in [0.2, 0.25) is 5.02 Å². The van der Waals surface area contributed by atoms with E-state index >= 15 is 0 Å².